The lowest BCUT2D eigenvalue weighted by molar-refractivity contribution is 0.0964. The first-order valence-corrected chi connectivity index (χ1v) is 7.06. The van der Waals surface area contributed by atoms with Crippen LogP contribution in [0.3, 0.4) is 0 Å². The van der Waals surface area contributed by atoms with Crippen molar-refractivity contribution in [2.24, 2.45) is 0 Å². The van der Waals surface area contributed by atoms with Crippen molar-refractivity contribution in [2.45, 2.75) is 33.1 Å². The molecule has 3 heteroatoms. The maximum atomic E-state index is 12.0. The van der Waals surface area contributed by atoms with Crippen LogP contribution in [0.2, 0.25) is 5.02 Å². The SMILES string of the molecule is CCCN(CCC)CCC(=O)c1ccc(Cl)cc1. The summed E-state index contributed by atoms with van der Waals surface area (Å²) in [6.45, 7) is 7.33. The molecule has 0 aliphatic carbocycles. The minimum atomic E-state index is 0.198. The first kappa shape index (κ1) is 15.2. The summed E-state index contributed by atoms with van der Waals surface area (Å²) in [5.41, 5.74) is 0.757. The Morgan fingerprint density at radius 2 is 1.61 bits per heavy atom. The summed E-state index contributed by atoms with van der Waals surface area (Å²) in [7, 11) is 0. The number of ketones is 1. The molecule has 0 N–H and O–H groups in total. The van der Waals surface area contributed by atoms with E-state index in [9.17, 15) is 4.79 Å². The van der Waals surface area contributed by atoms with Gasteiger partial charge in [0.2, 0.25) is 0 Å². The van der Waals surface area contributed by atoms with Crippen LogP contribution in [0, 0.1) is 0 Å². The minimum Gasteiger partial charge on any atom is -0.303 e. The van der Waals surface area contributed by atoms with Crippen LogP contribution in [0.15, 0.2) is 24.3 Å². The molecule has 0 heterocycles. The number of Topliss-reactive ketones (excluding diaryl/α,β-unsaturated/α-hetero) is 1. The summed E-state index contributed by atoms with van der Waals surface area (Å²) >= 11 is 5.81. The topological polar surface area (TPSA) is 20.3 Å². The van der Waals surface area contributed by atoms with Crippen LogP contribution in [0.4, 0.5) is 0 Å². The van der Waals surface area contributed by atoms with Crippen LogP contribution in [-0.2, 0) is 0 Å². The predicted molar refractivity (Wildman–Crippen MR) is 77.4 cm³/mol. The summed E-state index contributed by atoms with van der Waals surface area (Å²) in [6.07, 6.45) is 2.85. The van der Waals surface area contributed by atoms with E-state index in [4.69, 9.17) is 11.6 Å². The fourth-order valence-electron chi connectivity index (χ4n) is 2.01. The van der Waals surface area contributed by atoms with E-state index in [0.717, 1.165) is 38.0 Å². The van der Waals surface area contributed by atoms with E-state index in [0.29, 0.717) is 11.4 Å². The molecule has 1 aromatic rings. The molecule has 100 valence electrons. The highest BCUT2D eigenvalue weighted by Crippen LogP contribution is 2.11. The van der Waals surface area contributed by atoms with Crippen LogP contribution >= 0.6 is 11.6 Å². The Labute approximate surface area is 115 Å². The van der Waals surface area contributed by atoms with Crippen LogP contribution < -0.4 is 0 Å². The first-order valence-electron chi connectivity index (χ1n) is 6.68. The molecule has 0 aromatic heterocycles. The average molecular weight is 268 g/mol. The fraction of sp³-hybridized carbons (Fsp3) is 0.533. The molecular weight excluding hydrogens is 246 g/mol. The van der Waals surface area contributed by atoms with E-state index in [1.807, 2.05) is 0 Å². The molecule has 0 saturated carbocycles. The van der Waals surface area contributed by atoms with Crippen molar-refractivity contribution in [1.82, 2.24) is 4.90 Å². The van der Waals surface area contributed by atoms with Gasteiger partial charge in [-0.25, -0.2) is 0 Å². The fourth-order valence-corrected chi connectivity index (χ4v) is 2.13. The van der Waals surface area contributed by atoms with Gasteiger partial charge in [0, 0.05) is 23.6 Å². The van der Waals surface area contributed by atoms with Gasteiger partial charge in [0.25, 0.3) is 0 Å². The van der Waals surface area contributed by atoms with Crippen molar-refractivity contribution in [3.63, 3.8) is 0 Å². The standard InChI is InChI=1S/C15H22ClNO/c1-3-10-17(11-4-2)12-9-15(18)13-5-7-14(16)8-6-13/h5-8H,3-4,9-12H2,1-2H3. The lowest BCUT2D eigenvalue weighted by Crippen LogP contribution is -2.28. The largest absolute Gasteiger partial charge is 0.303 e. The molecule has 0 spiro atoms. The lowest BCUT2D eigenvalue weighted by atomic mass is 10.1. The van der Waals surface area contributed by atoms with E-state index >= 15 is 0 Å². The van der Waals surface area contributed by atoms with Crippen LogP contribution in [0.1, 0.15) is 43.5 Å². The molecule has 18 heavy (non-hydrogen) atoms. The number of rotatable bonds is 8. The van der Waals surface area contributed by atoms with Crippen LogP contribution in [-0.4, -0.2) is 30.3 Å². The van der Waals surface area contributed by atoms with E-state index in [1.165, 1.54) is 0 Å². The smallest absolute Gasteiger partial charge is 0.164 e. The number of halogens is 1. The molecular formula is C15H22ClNO. The number of carbonyl (C=O) groups is 1. The maximum absolute atomic E-state index is 12.0. The number of carbonyl (C=O) groups excluding carboxylic acids is 1. The van der Waals surface area contributed by atoms with Gasteiger partial charge in [0.05, 0.1) is 0 Å². The second kappa shape index (κ2) is 8.28. The van der Waals surface area contributed by atoms with Gasteiger partial charge < -0.3 is 4.90 Å². The Morgan fingerprint density at radius 3 is 2.11 bits per heavy atom. The molecule has 0 fully saturated rings. The first-order chi connectivity index (χ1) is 8.67. The molecule has 0 aliphatic rings. The van der Waals surface area contributed by atoms with Crippen molar-refractivity contribution in [3.05, 3.63) is 34.9 Å². The Hall–Kier alpha value is -0.860. The van der Waals surface area contributed by atoms with Gasteiger partial charge in [-0.3, -0.25) is 4.79 Å². The third kappa shape index (κ3) is 5.19. The van der Waals surface area contributed by atoms with E-state index in [-0.39, 0.29) is 5.78 Å². The third-order valence-electron chi connectivity index (χ3n) is 2.90. The van der Waals surface area contributed by atoms with E-state index < -0.39 is 0 Å². The minimum absolute atomic E-state index is 0.198. The van der Waals surface area contributed by atoms with Gasteiger partial charge in [-0.05, 0) is 50.2 Å². The molecule has 0 bridgehead atoms. The van der Waals surface area contributed by atoms with Crippen molar-refractivity contribution >= 4 is 17.4 Å². The molecule has 0 aliphatic heterocycles. The van der Waals surface area contributed by atoms with Crippen molar-refractivity contribution in [3.8, 4) is 0 Å². The van der Waals surface area contributed by atoms with Gasteiger partial charge in [-0.15, -0.1) is 0 Å². The zero-order chi connectivity index (χ0) is 13.4. The van der Waals surface area contributed by atoms with Crippen molar-refractivity contribution in [2.75, 3.05) is 19.6 Å². The zero-order valence-corrected chi connectivity index (χ0v) is 12.0. The number of hydrogen-bond donors (Lipinski definition) is 0. The van der Waals surface area contributed by atoms with E-state index in [1.54, 1.807) is 24.3 Å². The molecule has 0 atom stereocenters. The molecule has 1 rings (SSSR count). The summed E-state index contributed by atoms with van der Waals surface area (Å²) < 4.78 is 0. The van der Waals surface area contributed by atoms with Crippen LogP contribution in [0.5, 0.6) is 0 Å². The van der Waals surface area contributed by atoms with Crippen LogP contribution in [0.25, 0.3) is 0 Å². The zero-order valence-electron chi connectivity index (χ0n) is 11.3. The molecule has 0 radical (unpaired) electrons. The van der Waals surface area contributed by atoms with Gasteiger partial charge >= 0.3 is 0 Å². The highest BCUT2D eigenvalue weighted by Gasteiger charge is 2.09. The number of benzene rings is 1. The quantitative estimate of drug-likeness (QED) is 0.663. The summed E-state index contributed by atoms with van der Waals surface area (Å²) in [5, 5.41) is 0.671. The monoisotopic (exact) mass is 267 g/mol. The summed E-state index contributed by atoms with van der Waals surface area (Å²) in [6, 6.07) is 7.14. The summed E-state index contributed by atoms with van der Waals surface area (Å²) in [4.78, 5) is 14.4. The Balaban J connectivity index is 2.46. The molecule has 0 saturated heterocycles. The Bertz CT molecular complexity index is 355. The number of hydrogen-bond acceptors (Lipinski definition) is 2. The molecule has 1 aromatic carbocycles. The highest BCUT2D eigenvalue weighted by molar-refractivity contribution is 6.30. The van der Waals surface area contributed by atoms with E-state index in [2.05, 4.69) is 18.7 Å². The van der Waals surface area contributed by atoms with Gasteiger partial charge in [-0.1, -0.05) is 25.4 Å². The third-order valence-corrected chi connectivity index (χ3v) is 3.15. The second-order valence-electron chi connectivity index (χ2n) is 4.52. The second-order valence-corrected chi connectivity index (χ2v) is 4.96. The Morgan fingerprint density at radius 1 is 1.06 bits per heavy atom. The normalized spacial score (nSPS) is 10.9. The predicted octanol–water partition coefficient (Wildman–Crippen LogP) is 4.03. The highest BCUT2D eigenvalue weighted by atomic mass is 35.5. The maximum Gasteiger partial charge on any atom is 0.164 e. The average Bonchev–Trinajstić information content (AvgIpc) is 2.37. The van der Waals surface area contributed by atoms with Crippen molar-refractivity contribution < 1.29 is 4.79 Å². The van der Waals surface area contributed by atoms with Gasteiger partial charge in [-0.2, -0.15) is 0 Å². The Kier molecular flexibility index (Phi) is 6.99. The summed E-state index contributed by atoms with van der Waals surface area (Å²) in [5.74, 6) is 0.198. The molecule has 2 nitrogen and oxygen atoms in total. The van der Waals surface area contributed by atoms with Gasteiger partial charge in [0.15, 0.2) is 5.78 Å². The lowest BCUT2D eigenvalue weighted by Gasteiger charge is -2.20. The van der Waals surface area contributed by atoms with Crippen molar-refractivity contribution in [1.29, 1.82) is 0 Å². The molecule has 0 unspecified atom stereocenters. The van der Waals surface area contributed by atoms with Gasteiger partial charge in [0.1, 0.15) is 0 Å². The molecule has 0 amide bonds. The number of nitrogens with zero attached hydrogens (tertiary/aromatic N) is 1.